The van der Waals surface area contributed by atoms with Crippen molar-refractivity contribution >= 4 is 21.9 Å². The molecule has 9 rings (SSSR count). The third-order valence-electron chi connectivity index (χ3n) is 10.5. The van der Waals surface area contributed by atoms with Gasteiger partial charge in [-0.1, -0.05) is 104 Å². The average molecular weight is 958 g/mol. The van der Waals surface area contributed by atoms with E-state index in [0.29, 0.717) is 34.7 Å². The van der Waals surface area contributed by atoms with Gasteiger partial charge in [-0.05, 0) is 102 Å². The fourth-order valence-corrected chi connectivity index (χ4v) is 7.29. The molecule has 0 aliphatic heterocycles. The van der Waals surface area contributed by atoms with Gasteiger partial charge in [-0.25, -0.2) is 0 Å². The molecule has 0 atom stereocenters. The van der Waals surface area contributed by atoms with Gasteiger partial charge in [0.2, 0.25) is 0 Å². The smallest absolute Gasteiger partial charge is 0.417 e. The predicted octanol–water partition coefficient (Wildman–Crippen LogP) is 14.6. The van der Waals surface area contributed by atoms with E-state index in [1.807, 2.05) is 18.2 Å². The Kier molecular flexibility index (Phi) is 8.92. The van der Waals surface area contributed by atoms with E-state index in [2.05, 4.69) is 35.9 Å². The minimum atomic E-state index is -4.65. The van der Waals surface area contributed by atoms with E-state index in [1.54, 1.807) is 72.8 Å². The van der Waals surface area contributed by atoms with Gasteiger partial charge in [0.1, 0.15) is 5.58 Å². The van der Waals surface area contributed by atoms with Gasteiger partial charge in [0, 0.05) is 53.0 Å². The van der Waals surface area contributed by atoms with Crippen LogP contribution in [0.4, 0.5) is 13.2 Å². The first-order valence-electron chi connectivity index (χ1n) is 23.1. The van der Waals surface area contributed by atoms with E-state index in [4.69, 9.17) is 15.4 Å². The van der Waals surface area contributed by atoms with Gasteiger partial charge in [-0.3, -0.25) is 0 Å². The van der Waals surface area contributed by atoms with E-state index in [9.17, 15) is 14.5 Å². The van der Waals surface area contributed by atoms with E-state index in [0.717, 1.165) is 30.2 Å². The summed E-state index contributed by atoms with van der Waals surface area (Å²) in [6.45, 7) is -0.391. The van der Waals surface area contributed by atoms with Crippen molar-refractivity contribution < 1.29 is 50.0 Å². The first-order chi connectivity index (χ1) is 31.0. The number of halogens is 3. The molecule has 0 spiro atoms. The number of aryl methyl sites for hydroxylation is 2. The zero-order valence-electron chi connectivity index (χ0n) is 40.6. The molecule has 0 saturated heterocycles. The number of hydrogen-bond acceptors (Lipinski definition) is 3. The maximum absolute atomic E-state index is 14.3. The largest absolute Gasteiger partial charge is 0.500 e. The number of pyridine rings is 2. The standard InChI is InChI=1S/C39H33F3NO.C12H10N.Ir/c1-24-23-43-34(22-32(24)27-14-12-25(13-15-27)26-18-20-38(2,3)21-19-26)31-11-7-10-29-30-16-17-33(39(40,41)42)35(37(30)44-36(29)31)28-8-5-4-6-9-28;1-10-7-8-12(13-9-10)11-5-3-2-4-6-11;/h4-10,12-17,22-23,26H,18-21H2,1-3H3;2-5,7-9H,1H3;/q2*-1;/i1D3,14D,15D,26D;1D3;. The number of rotatable bonds is 5. The molecule has 0 bridgehead atoms. The second kappa shape index (κ2) is 16.9. The van der Waals surface area contributed by atoms with Crippen LogP contribution in [0.25, 0.3) is 66.7 Å². The molecule has 5 aromatic carbocycles. The Morgan fingerprint density at radius 2 is 1.52 bits per heavy atom. The van der Waals surface area contributed by atoms with Gasteiger partial charge in [0.05, 0.1) is 13.9 Å². The maximum Gasteiger partial charge on any atom is 0.417 e. The summed E-state index contributed by atoms with van der Waals surface area (Å²) in [6.07, 6.45) is 0.779. The number of benzene rings is 5. The first kappa shape index (κ1) is 30.7. The average Bonchev–Trinajstić information content (AvgIpc) is 3.66. The van der Waals surface area contributed by atoms with Crippen molar-refractivity contribution in [3.8, 4) is 44.8 Å². The van der Waals surface area contributed by atoms with Gasteiger partial charge in [0.25, 0.3) is 0 Å². The number of hydrogen-bond donors (Lipinski definition) is 0. The van der Waals surface area contributed by atoms with Gasteiger partial charge < -0.3 is 14.4 Å². The van der Waals surface area contributed by atoms with Crippen molar-refractivity contribution in [3.63, 3.8) is 0 Å². The molecule has 0 unspecified atom stereocenters. The minimum Gasteiger partial charge on any atom is -0.500 e. The summed E-state index contributed by atoms with van der Waals surface area (Å²) in [5, 5.41) is 0.973. The van der Waals surface area contributed by atoms with Crippen molar-refractivity contribution in [1.82, 2.24) is 9.97 Å². The topological polar surface area (TPSA) is 38.9 Å². The molecule has 0 amide bonds. The summed E-state index contributed by atoms with van der Waals surface area (Å²) >= 11 is 0. The van der Waals surface area contributed by atoms with E-state index in [-0.39, 0.29) is 87.8 Å². The molecule has 0 N–H and O–H groups in total. The Morgan fingerprint density at radius 1 is 0.776 bits per heavy atom. The quantitative estimate of drug-likeness (QED) is 0.161. The molecular formula is C51H43F3IrN2O-2. The minimum absolute atomic E-state index is 0. The maximum atomic E-state index is 14.3. The fraction of sp³-hybridized carbons (Fsp3) is 0.216. The third-order valence-corrected chi connectivity index (χ3v) is 10.5. The van der Waals surface area contributed by atoms with Crippen LogP contribution in [0, 0.1) is 31.3 Å². The normalized spacial score (nSPS) is 17.4. The van der Waals surface area contributed by atoms with Crippen LogP contribution in [0.5, 0.6) is 0 Å². The van der Waals surface area contributed by atoms with E-state index < -0.39 is 31.3 Å². The van der Waals surface area contributed by atoms with Crippen LogP contribution in [0.3, 0.4) is 0 Å². The van der Waals surface area contributed by atoms with E-state index >= 15 is 0 Å². The Hall–Kier alpha value is -5.36. The van der Waals surface area contributed by atoms with Crippen LogP contribution in [-0.4, -0.2) is 9.97 Å². The Balaban J connectivity index is 0.000000331. The van der Waals surface area contributed by atoms with E-state index in [1.165, 1.54) is 24.5 Å². The molecule has 295 valence electrons. The van der Waals surface area contributed by atoms with Crippen LogP contribution in [-0.2, 0) is 26.3 Å². The van der Waals surface area contributed by atoms with Crippen LogP contribution in [0.2, 0.25) is 0 Å². The van der Waals surface area contributed by atoms with Crippen LogP contribution in [0.15, 0.2) is 138 Å². The second-order valence-corrected chi connectivity index (χ2v) is 14.9. The number of aromatic nitrogens is 2. The summed E-state index contributed by atoms with van der Waals surface area (Å²) < 4.78 is 123. The first-order valence-corrected chi connectivity index (χ1v) is 18.6. The van der Waals surface area contributed by atoms with Crippen molar-refractivity contribution in [2.75, 3.05) is 0 Å². The predicted molar refractivity (Wildman–Crippen MR) is 225 cm³/mol. The molecule has 3 aromatic heterocycles. The summed E-state index contributed by atoms with van der Waals surface area (Å²) in [7, 11) is 0. The third kappa shape index (κ3) is 8.57. The van der Waals surface area contributed by atoms with Crippen molar-refractivity contribution in [3.05, 3.63) is 168 Å². The molecule has 8 aromatic rings. The van der Waals surface area contributed by atoms with Gasteiger partial charge in [0.15, 0.2) is 0 Å². The van der Waals surface area contributed by atoms with Gasteiger partial charge >= 0.3 is 6.18 Å². The van der Waals surface area contributed by atoms with Crippen molar-refractivity contribution in [1.29, 1.82) is 0 Å². The molecule has 3 nitrogen and oxygen atoms in total. The Labute approximate surface area is 364 Å². The zero-order chi connectivity index (χ0) is 47.4. The molecule has 58 heavy (non-hydrogen) atoms. The molecule has 7 heteroatoms. The summed E-state index contributed by atoms with van der Waals surface area (Å²) in [4.78, 5) is 8.57. The summed E-state index contributed by atoms with van der Waals surface area (Å²) in [5.41, 5.74) is 2.68. The molecule has 1 saturated carbocycles. The number of fused-ring (bicyclic) bond motifs is 3. The Morgan fingerprint density at radius 3 is 2.19 bits per heavy atom. The summed E-state index contributed by atoms with van der Waals surface area (Å²) in [6, 6.07) is 35.2. The number of alkyl halides is 3. The van der Waals surface area contributed by atoms with Gasteiger partial charge in [-0.15, -0.1) is 54.1 Å². The van der Waals surface area contributed by atoms with Crippen LogP contribution in [0.1, 0.15) is 80.0 Å². The van der Waals surface area contributed by atoms with Crippen LogP contribution >= 0.6 is 0 Å². The van der Waals surface area contributed by atoms with Gasteiger partial charge in [-0.2, -0.15) is 13.2 Å². The van der Waals surface area contributed by atoms with Crippen molar-refractivity contribution in [2.45, 2.75) is 65.3 Å². The Bertz CT molecular complexity index is 3030. The second-order valence-electron chi connectivity index (χ2n) is 14.9. The zero-order valence-corrected chi connectivity index (χ0v) is 34.0. The van der Waals surface area contributed by atoms with Crippen molar-refractivity contribution in [2.24, 2.45) is 5.41 Å². The molecule has 1 radical (unpaired) electrons. The molecular weight excluding hydrogens is 906 g/mol. The summed E-state index contributed by atoms with van der Waals surface area (Å²) in [5.74, 6) is -0.952. The fourth-order valence-electron chi connectivity index (χ4n) is 7.29. The molecule has 3 heterocycles. The molecule has 1 aliphatic carbocycles. The SMILES string of the molecule is [2H]C([2H])([2H])c1ccc(-c2[c-]cccc2)nc1.[2H]c1cc(C2([2H])CCC(C)(C)CC2)cc([2H])c1-c1cc(-c2[c-]ccc3c2oc2c(-c4ccccc4)c(C(F)(F)F)ccc23)ncc1C([2H])([2H])[2H].[Ir]. The molecule has 1 aliphatic rings. The monoisotopic (exact) mass is 958 g/mol. The number of furan rings is 1. The molecule has 1 fully saturated rings. The number of nitrogens with zero attached hydrogens (tertiary/aromatic N) is 2. The van der Waals surface area contributed by atoms with Crippen LogP contribution < -0.4 is 0 Å².